The molecule has 1 aliphatic rings. The van der Waals surface area contributed by atoms with Crippen LogP contribution in [0, 0.1) is 5.82 Å². The molecule has 3 nitrogen and oxygen atoms in total. The molecule has 0 spiro atoms. The number of halogens is 4. The highest BCUT2D eigenvalue weighted by Gasteiger charge is 2.30. The van der Waals surface area contributed by atoms with Gasteiger partial charge in [0.25, 0.3) is 0 Å². The number of aliphatic carboxylic acids is 1. The highest BCUT2D eigenvalue weighted by molar-refractivity contribution is 6.07. The van der Waals surface area contributed by atoms with Gasteiger partial charge in [-0.05, 0) is 81.8 Å². The Morgan fingerprint density at radius 3 is 2.09 bits per heavy atom. The molecule has 0 heterocycles. The van der Waals surface area contributed by atoms with Crippen LogP contribution in [0.2, 0.25) is 0 Å². The van der Waals surface area contributed by atoms with E-state index in [1.54, 1.807) is 6.07 Å². The van der Waals surface area contributed by atoms with Crippen LogP contribution in [-0.2, 0) is 28.9 Å². The van der Waals surface area contributed by atoms with Gasteiger partial charge in [0.1, 0.15) is 5.82 Å². The lowest BCUT2D eigenvalue weighted by atomic mass is 10.00. The molecule has 0 amide bonds. The van der Waals surface area contributed by atoms with Crippen molar-refractivity contribution >= 4 is 23.2 Å². The van der Waals surface area contributed by atoms with Gasteiger partial charge < -0.3 is 9.84 Å². The molecule has 0 saturated heterocycles. The number of benzene rings is 3. The van der Waals surface area contributed by atoms with E-state index < -0.39 is 23.5 Å². The van der Waals surface area contributed by atoms with Crippen LogP contribution in [0.15, 0.2) is 72.3 Å². The molecule has 0 radical (unpaired) electrons. The van der Waals surface area contributed by atoms with E-state index in [1.807, 2.05) is 37.3 Å². The number of carboxylic acid groups (broad SMARTS) is 1. The van der Waals surface area contributed by atoms with E-state index in [1.165, 1.54) is 24.3 Å². The molecule has 35 heavy (non-hydrogen) atoms. The van der Waals surface area contributed by atoms with Gasteiger partial charge in [0.2, 0.25) is 0 Å². The molecular weight excluding hydrogens is 460 g/mol. The van der Waals surface area contributed by atoms with Crippen LogP contribution in [0.4, 0.5) is 17.6 Å². The van der Waals surface area contributed by atoms with Crippen molar-refractivity contribution in [1.29, 1.82) is 0 Å². The summed E-state index contributed by atoms with van der Waals surface area (Å²) in [4.78, 5) is 11.3. The van der Waals surface area contributed by atoms with Crippen molar-refractivity contribution in [2.24, 2.45) is 0 Å². The van der Waals surface area contributed by atoms with Gasteiger partial charge in [-0.1, -0.05) is 42.5 Å². The lowest BCUT2D eigenvalue weighted by Crippen LogP contribution is -2.04. The minimum atomic E-state index is -4.36. The number of hydrogen-bond donors (Lipinski definition) is 1. The molecule has 3 aromatic rings. The summed E-state index contributed by atoms with van der Waals surface area (Å²) in [5.74, 6) is -1.39. The van der Waals surface area contributed by atoms with Crippen LogP contribution in [0.5, 0.6) is 0 Å². The van der Waals surface area contributed by atoms with Crippen LogP contribution >= 0.6 is 0 Å². The summed E-state index contributed by atoms with van der Waals surface area (Å²) < 4.78 is 57.4. The van der Waals surface area contributed by atoms with E-state index in [0.29, 0.717) is 23.3 Å². The van der Waals surface area contributed by atoms with Gasteiger partial charge in [0.15, 0.2) is 0 Å². The Labute approximate surface area is 200 Å². The SMILES string of the molecule is CC1=C(CC(=O)O)c2cc(F)ccc2C1=Cc1ccc(COCc2ccc(C(F)(F)F)cc2)cc1. The van der Waals surface area contributed by atoms with Crippen LogP contribution in [0.25, 0.3) is 17.2 Å². The topological polar surface area (TPSA) is 46.5 Å². The van der Waals surface area contributed by atoms with Crippen molar-refractivity contribution in [3.05, 3.63) is 112 Å². The molecule has 3 aromatic carbocycles. The van der Waals surface area contributed by atoms with Gasteiger partial charge in [-0.15, -0.1) is 0 Å². The molecule has 0 saturated carbocycles. The number of alkyl halides is 3. The zero-order chi connectivity index (χ0) is 25.2. The number of ether oxygens (including phenoxy) is 1. The first-order valence-electron chi connectivity index (χ1n) is 10.9. The van der Waals surface area contributed by atoms with E-state index in [-0.39, 0.29) is 13.0 Å². The fourth-order valence-corrected chi connectivity index (χ4v) is 4.09. The third-order valence-electron chi connectivity index (χ3n) is 5.89. The summed E-state index contributed by atoms with van der Waals surface area (Å²) in [5.41, 5.74) is 5.39. The van der Waals surface area contributed by atoms with Gasteiger partial charge in [-0.25, -0.2) is 4.39 Å². The van der Waals surface area contributed by atoms with Crippen molar-refractivity contribution in [2.75, 3.05) is 0 Å². The normalized spacial score (nSPS) is 14.5. The number of rotatable bonds is 7. The Bertz CT molecular complexity index is 1300. The molecule has 0 aromatic heterocycles. The van der Waals surface area contributed by atoms with Crippen molar-refractivity contribution in [3.63, 3.8) is 0 Å². The van der Waals surface area contributed by atoms with Gasteiger partial charge in [0, 0.05) is 0 Å². The second kappa shape index (κ2) is 9.88. The van der Waals surface area contributed by atoms with E-state index in [4.69, 9.17) is 4.74 Å². The van der Waals surface area contributed by atoms with Crippen LogP contribution in [0.1, 0.15) is 46.7 Å². The molecular formula is C28H22F4O3. The molecule has 7 heteroatoms. The molecule has 1 aliphatic carbocycles. The summed E-state index contributed by atoms with van der Waals surface area (Å²) in [6.07, 6.45) is -2.61. The zero-order valence-electron chi connectivity index (χ0n) is 18.8. The molecule has 0 bridgehead atoms. The summed E-state index contributed by atoms with van der Waals surface area (Å²) in [7, 11) is 0. The summed E-state index contributed by atoms with van der Waals surface area (Å²) in [6, 6.07) is 16.8. The van der Waals surface area contributed by atoms with Crippen molar-refractivity contribution in [2.45, 2.75) is 32.7 Å². The fourth-order valence-electron chi connectivity index (χ4n) is 4.09. The molecule has 180 valence electrons. The Hall–Kier alpha value is -3.71. The Balaban J connectivity index is 1.45. The van der Waals surface area contributed by atoms with E-state index in [9.17, 15) is 27.5 Å². The zero-order valence-corrected chi connectivity index (χ0v) is 18.8. The highest BCUT2D eigenvalue weighted by atomic mass is 19.4. The Morgan fingerprint density at radius 1 is 0.914 bits per heavy atom. The maximum absolute atomic E-state index is 13.8. The van der Waals surface area contributed by atoms with E-state index >= 15 is 0 Å². The third kappa shape index (κ3) is 5.69. The lowest BCUT2D eigenvalue weighted by Gasteiger charge is -2.09. The van der Waals surface area contributed by atoms with Crippen molar-refractivity contribution in [1.82, 2.24) is 0 Å². The van der Waals surface area contributed by atoms with Crippen molar-refractivity contribution < 1.29 is 32.2 Å². The molecule has 4 rings (SSSR count). The number of fused-ring (bicyclic) bond motifs is 1. The highest BCUT2D eigenvalue weighted by Crippen LogP contribution is 2.43. The average molecular weight is 482 g/mol. The number of carboxylic acids is 1. The maximum atomic E-state index is 13.8. The summed E-state index contributed by atoms with van der Waals surface area (Å²) in [6.45, 7) is 2.32. The molecule has 0 fully saturated rings. The smallest absolute Gasteiger partial charge is 0.416 e. The molecule has 1 N–H and O–H groups in total. The van der Waals surface area contributed by atoms with Gasteiger partial charge in [-0.2, -0.15) is 13.2 Å². The van der Waals surface area contributed by atoms with Gasteiger partial charge >= 0.3 is 12.1 Å². The molecule has 0 aliphatic heterocycles. The lowest BCUT2D eigenvalue weighted by molar-refractivity contribution is -0.138. The standard InChI is InChI=1S/C28H22F4O3/c1-17-24(23-11-10-22(29)13-26(23)25(17)14-27(33)34)12-18-2-4-19(5-3-18)15-35-16-20-6-8-21(9-7-20)28(30,31)32/h2-13H,14-16H2,1H3,(H,33,34). The van der Waals surface area contributed by atoms with Crippen LogP contribution in [0.3, 0.4) is 0 Å². The fraction of sp³-hybridized carbons (Fsp3) is 0.179. The molecule has 0 atom stereocenters. The first-order chi connectivity index (χ1) is 16.6. The largest absolute Gasteiger partial charge is 0.481 e. The number of carbonyl (C=O) groups is 1. The van der Waals surface area contributed by atoms with Crippen molar-refractivity contribution in [3.8, 4) is 0 Å². The first kappa shape index (κ1) is 24.4. The van der Waals surface area contributed by atoms with Crippen LogP contribution in [-0.4, -0.2) is 11.1 Å². The molecule has 0 unspecified atom stereocenters. The minimum absolute atomic E-state index is 0.186. The third-order valence-corrected chi connectivity index (χ3v) is 5.89. The maximum Gasteiger partial charge on any atom is 0.416 e. The van der Waals surface area contributed by atoms with Gasteiger partial charge in [-0.3, -0.25) is 4.79 Å². The predicted octanol–water partition coefficient (Wildman–Crippen LogP) is 7.36. The minimum Gasteiger partial charge on any atom is -0.481 e. The second-order valence-corrected chi connectivity index (χ2v) is 8.35. The quantitative estimate of drug-likeness (QED) is 0.358. The Morgan fingerprint density at radius 2 is 1.51 bits per heavy atom. The predicted molar refractivity (Wildman–Crippen MR) is 125 cm³/mol. The Kier molecular flexibility index (Phi) is 6.89. The second-order valence-electron chi connectivity index (χ2n) is 8.35. The monoisotopic (exact) mass is 482 g/mol. The average Bonchev–Trinajstić information content (AvgIpc) is 3.05. The number of allylic oxidation sites excluding steroid dienone is 2. The van der Waals surface area contributed by atoms with E-state index in [0.717, 1.165) is 40.0 Å². The summed E-state index contributed by atoms with van der Waals surface area (Å²) >= 11 is 0. The van der Waals surface area contributed by atoms with Crippen LogP contribution < -0.4 is 0 Å². The number of hydrogen-bond acceptors (Lipinski definition) is 2. The first-order valence-corrected chi connectivity index (χ1v) is 10.9. The summed E-state index contributed by atoms with van der Waals surface area (Å²) in [5, 5.41) is 9.28. The van der Waals surface area contributed by atoms with E-state index in [2.05, 4.69) is 0 Å². The van der Waals surface area contributed by atoms with Gasteiger partial charge in [0.05, 0.1) is 25.2 Å².